The van der Waals surface area contributed by atoms with Crippen LogP contribution in [0.2, 0.25) is 0 Å². The second-order valence-electron chi connectivity index (χ2n) is 4.27. The predicted octanol–water partition coefficient (Wildman–Crippen LogP) is 2.05. The largest absolute Gasteiger partial charge is 0.476 e. The molecule has 0 amide bonds. The highest BCUT2D eigenvalue weighted by molar-refractivity contribution is 5.93. The fourth-order valence-electron chi connectivity index (χ4n) is 2.07. The van der Waals surface area contributed by atoms with Gasteiger partial charge in [-0.1, -0.05) is 13.0 Å². The summed E-state index contributed by atoms with van der Waals surface area (Å²) in [7, 11) is 0. The topological polar surface area (TPSA) is 80.4 Å². The number of hydrogen-bond acceptors (Lipinski definition) is 4. The maximum Gasteiger partial charge on any atom is 0.356 e. The molecule has 0 aliphatic carbocycles. The maximum atomic E-state index is 11.2. The van der Waals surface area contributed by atoms with Crippen molar-refractivity contribution in [1.82, 2.24) is 19.6 Å². The minimum atomic E-state index is -1.05. The van der Waals surface area contributed by atoms with Crippen molar-refractivity contribution >= 4 is 11.5 Å². The zero-order chi connectivity index (χ0) is 14.1. The Morgan fingerprint density at radius 3 is 2.75 bits per heavy atom. The normalized spacial score (nSPS) is 10.8. The van der Waals surface area contributed by atoms with Crippen LogP contribution in [0.3, 0.4) is 0 Å². The molecule has 6 heteroatoms. The van der Waals surface area contributed by atoms with Gasteiger partial charge in [0, 0.05) is 12.6 Å². The summed E-state index contributed by atoms with van der Waals surface area (Å²) in [5, 5.41) is 13.6. The van der Waals surface area contributed by atoms with E-state index in [1.807, 2.05) is 25.1 Å². The van der Waals surface area contributed by atoms with E-state index in [1.165, 1.54) is 0 Å². The lowest BCUT2D eigenvalue weighted by Gasteiger charge is -2.02. The van der Waals surface area contributed by atoms with Crippen molar-refractivity contribution in [3.05, 3.63) is 48.0 Å². The van der Waals surface area contributed by atoms with E-state index in [0.29, 0.717) is 23.5 Å². The third-order valence-electron chi connectivity index (χ3n) is 3.01. The van der Waals surface area contributed by atoms with Crippen LogP contribution in [0.25, 0.3) is 16.9 Å². The summed E-state index contributed by atoms with van der Waals surface area (Å²) in [5.41, 5.74) is 1.94. The van der Waals surface area contributed by atoms with Crippen molar-refractivity contribution in [3.63, 3.8) is 0 Å². The van der Waals surface area contributed by atoms with Crippen molar-refractivity contribution < 1.29 is 9.90 Å². The quantitative estimate of drug-likeness (QED) is 0.786. The Hall–Kier alpha value is -2.76. The third kappa shape index (κ3) is 1.91. The van der Waals surface area contributed by atoms with Gasteiger partial charge in [-0.2, -0.15) is 5.10 Å². The average Bonchev–Trinajstić information content (AvgIpc) is 2.86. The standard InChI is InChI=1S/C14H12N4O2/c1-2-12-16-13(14(19)20)11-7-6-10(17-18(11)12)9-5-3-4-8-15-9/h3-8H,2H2,1H3,(H,19,20). The van der Waals surface area contributed by atoms with Crippen LogP contribution in [0.15, 0.2) is 36.5 Å². The molecule has 0 spiro atoms. The molecule has 100 valence electrons. The molecule has 1 N–H and O–H groups in total. The number of nitrogens with zero attached hydrogens (tertiary/aromatic N) is 4. The second kappa shape index (κ2) is 4.73. The molecule has 6 nitrogen and oxygen atoms in total. The van der Waals surface area contributed by atoms with Gasteiger partial charge in [-0.05, 0) is 24.3 Å². The molecule has 0 saturated carbocycles. The fourth-order valence-corrected chi connectivity index (χ4v) is 2.07. The number of rotatable bonds is 3. The lowest BCUT2D eigenvalue weighted by Crippen LogP contribution is -2.00. The third-order valence-corrected chi connectivity index (χ3v) is 3.01. The van der Waals surface area contributed by atoms with Crippen LogP contribution in [-0.2, 0) is 6.42 Å². The number of imidazole rings is 1. The molecule has 0 atom stereocenters. The predicted molar refractivity (Wildman–Crippen MR) is 72.6 cm³/mol. The molecule has 0 bridgehead atoms. The first-order chi connectivity index (χ1) is 9.70. The highest BCUT2D eigenvalue weighted by Crippen LogP contribution is 2.18. The van der Waals surface area contributed by atoms with Gasteiger partial charge in [-0.15, -0.1) is 0 Å². The second-order valence-corrected chi connectivity index (χ2v) is 4.27. The maximum absolute atomic E-state index is 11.2. The number of fused-ring (bicyclic) bond motifs is 1. The molecule has 0 aliphatic heterocycles. The molecule has 0 fully saturated rings. The molecule has 20 heavy (non-hydrogen) atoms. The van der Waals surface area contributed by atoms with E-state index >= 15 is 0 Å². The van der Waals surface area contributed by atoms with Gasteiger partial charge >= 0.3 is 5.97 Å². The fraction of sp³-hybridized carbons (Fsp3) is 0.143. The van der Waals surface area contributed by atoms with Crippen molar-refractivity contribution in [2.24, 2.45) is 0 Å². The summed E-state index contributed by atoms with van der Waals surface area (Å²) < 4.78 is 1.58. The first kappa shape index (κ1) is 12.3. The summed E-state index contributed by atoms with van der Waals surface area (Å²) in [6, 6.07) is 9.04. The van der Waals surface area contributed by atoms with Gasteiger partial charge in [0.05, 0.1) is 11.2 Å². The zero-order valence-corrected chi connectivity index (χ0v) is 10.8. The highest BCUT2D eigenvalue weighted by Gasteiger charge is 2.17. The minimum absolute atomic E-state index is 0.0296. The number of hydrogen-bond donors (Lipinski definition) is 1. The Bertz CT molecular complexity index is 780. The van der Waals surface area contributed by atoms with E-state index in [9.17, 15) is 4.79 Å². The lowest BCUT2D eigenvalue weighted by atomic mass is 10.2. The summed E-state index contributed by atoms with van der Waals surface area (Å²) in [6.45, 7) is 1.91. The van der Waals surface area contributed by atoms with Gasteiger partial charge < -0.3 is 5.11 Å². The van der Waals surface area contributed by atoms with E-state index in [0.717, 1.165) is 5.69 Å². The minimum Gasteiger partial charge on any atom is -0.476 e. The monoisotopic (exact) mass is 268 g/mol. The SMILES string of the molecule is CCc1nc(C(=O)O)c2ccc(-c3ccccn3)nn12. The van der Waals surface area contributed by atoms with Crippen LogP contribution in [0.4, 0.5) is 0 Å². The van der Waals surface area contributed by atoms with Gasteiger partial charge in [0.2, 0.25) is 0 Å². The first-order valence-corrected chi connectivity index (χ1v) is 6.24. The van der Waals surface area contributed by atoms with Gasteiger partial charge in [0.25, 0.3) is 0 Å². The van der Waals surface area contributed by atoms with Crippen molar-refractivity contribution in [1.29, 1.82) is 0 Å². The van der Waals surface area contributed by atoms with Gasteiger partial charge in [-0.3, -0.25) is 4.98 Å². The van der Waals surface area contributed by atoms with Gasteiger partial charge in [-0.25, -0.2) is 14.3 Å². The number of aromatic nitrogens is 4. The van der Waals surface area contributed by atoms with Crippen LogP contribution < -0.4 is 0 Å². The molecule has 3 rings (SSSR count). The number of carbonyl (C=O) groups is 1. The van der Waals surface area contributed by atoms with Crippen LogP contribution in [0.5, 0.6) is 0 Å². The van der Waals surface area contributed by atoms with E-state index in [2.05, 4.69) is 15.1 Å². The Kier molecular flexibility index (Phi) is 2.90. The summed E-state index contributed by atoms with van der Waals surface area (Å²) in [6.07, 6.45) is 2.30. The molecule has 0 radical (unpaired) electrons. The van der Waals surface area contributed by atoms with Crippen molar-refractivity contribution in [3.8, 4) is 11.4 Å². The van der Waals surface area contributed by atoms with E-state index in [1.54, 1.807) is 22.8 Å². The van der Waals surface area contributed by atoms with Crippen molar-refractivity contribution in [2.75, 3.05) is 0 Å². The first-order valence-electron chi connectivity index (χ1n) is 6.24. The molecule has 0 saturated heterocycles. The molecule has 3 aromatic heterocycles. The summed E-state index contributed by atoms with van der Waals surface area (Å²) in [4.78, 5) is 19.5. The summed E-state index contributed by atoms with van der Waals surface area (Å²) >= 11 is 0. The molecule has 0 aromatic carbocycles. The lowest BCUT2D eigenvalue weighted by molar-refractivity contribution is 0.0693. The van der Waals surface area contributed by atoms with E-state index in [-0.39, 0.29) is 5.69 Å². The molecular weight excluding hydrogens is 256 g/mol. The smallest absolute Gasteiger partial charge is 0.356 e. The van der Waals surface area contributed by atoms with Crippen LogP contribution >= 0.6 is 0 Å². The molecular formula is C14H12N4O2. The highest BCUT2D eigenvalue weighted by atomic mass is 16.4. The molecule has 0 aliphatic rings. The van der Waals surface area contributed by atoms with Crippen LogP contribution in [0, 0.1) is 0 Å². The Morgan fingerprint density at radius 1 is 1.25 bits per heavy atom. The van der Waals surface area contributed by atoms with E-state index in [4.69, 9.17) is 5.11 Å². The molecule has 3 heterocycles. The van der Waals surface area contributed by atoms with Crippen LogP contribution in [0.1, 0.15) is 23.2 Å². The van der Waals surface area contributed by atoms with Gasteiger partial charge in [0.1, 0.15) is 11.5 Å². The number of carboxylic acid groups (broad SMARTS) is 1. The number of aryl methyl sites for hydroxylation is 1. The number of aromatic carboxylic acids is 1. The van der Waals surface area contributed by atoms with Crippen LogP contribution in [-0.4, -0.2) is 30.7 Å². The number of carboxylic acids is 1. The zero-order valence-electron chi connectivity index (χ0n) is 10.8. The molecule has 0 unspecified atom stereocenters. The average molecular weight is 268 g/mol. The Labute approximate surface area is 114 Å². The Morgan fingerprint density at radius 2 is 2.10 bits per heavy atom. The van der Waals surface area contributed by atoms with Crippen molar-refractivity contribution in [2.45, 2.75) is 13.3 Å². The van der Waals surface area contributed by atoms with Gasteiger partial charge in [0.15, 0.2) is 5.69 Å². The summed E-state index contributed by atoms with van der Waals surface area (Å²) in [5.74, 6) is -0.426. The number of pyridine rings is 1. The Balaban J connectivity index is 2.23. The van der Waals surface area contributed by atoms with E-state index < -0.39 is 5.97 Å². The molecule has 3 aromatic rings.